The molecule has 0 spiro atoms. The van der Waals surface area contributed by atoms with E-state index in [9.17, 15) is 4.79 Å². The topological polar surface area (TPSA) is 38.8 Å². The van der Waals surface area contributed by atoms with Crippen molar-refractivity contribution in [2.75, 3.05) is 51.2 Å². The van der Waals surface area contributed by atoms with E-state index < -0.39 is 0 Å². The number of amides is 2. The molecule has 24 heavy (non-hydrogen) atoms. The standard InChI is InChI=1S/C19H30N4O/c1-15-5-4-6-18(16(15)2)22-11-13-23(14-12-22)19(24)20-17-7-9-21(3)10-8-17/h4-6,17H,7-14H2,1-3H3,(H,20,24). The molecule has 1 aromatic carbocycles. The third-order valence-corrected chi connectivity index (χ3v) is 5.53. The first-order chi connectivity index (χ1) is 11.5. The number of urea groups is 1. The Morgan fingerprint density at radius 1 is 1.04 bits per heavy atom. The fourth-order valence-electron chi connectivity index (χ4n) is 3.65. The zero-order chi connectivity index (χ0) is 17.1. The van der Waals surface area contributed by atoms with Crippen molar-refractivity contribution in [3.63, 3.8) is 0 Å². The molecule has 3 rings (SSSR count). The van der Waals surface area contributed by atoms with Gasteiger partial charge in [0, 0.05) is 37.9 Å². The number of likely N-dealkylation sites (tertiary alicyclic amines) is 1. The molecule has 2 fully saturated rings. The fourth-order valence-corrected chi connectivity index (χ4v) is 3.65. The van der Waals surface area contributed by atoms with Crippen molar-refractivity contribution in [1.82, 2.24) is 15.1 Å². The van der Waals surface area contributed by atoms with Crippen molar-refractivity contribution in [3.05, 3.63) is 29.3 Å². The normalized spacial score (nSPS) is 20.3. The third kappa shape index (κ3) is 3.83. The Labute approximate surface area is 145 Å². The van der Waals surface area contributed by atoms with Crippen LogP contribution in [0.2, 0.25) is 0 Å². The van der Waals surface area contributed by atoms with E-state index in [1.54, 1.807) is 0 Å². The van der Waals surface area contributed by atoms with Crippen LogP contribution in [0.25, 0.3) is 0 Å². The molecule has 2 saturated heterocycles. The lowest BCUT2D eigenvalue weighted by molar-refractivity contribution is 0.178. The molecule has 132 valence electrons. The molecule has 0 aromatic heterocycles. The van der Waals surface area contributed by atoms with Gasteiger partial charge in [0.25, 0.3) is 0 Å². The molecule has 0 saturated carbocycles. The molecule has 5 nitrogen and oxygen atoms in total. The second kappa shape index (κ2) is 7.43. The minimum atomic E-state index is 0.116. The number of hydrogen-bond acceptors (Lipinski definition) is 3. The average molecular weight is 330 g/mol. The Morgan fingerprint density at radius 2 is 1.71 bits per heavy atom. The lowest BCUT2D eigenvalue weighted by Gasteiger charge is -2.38. The molecule has 1 aromatic rings. The maximum Gasteiger partial charge on any atom is 0.317 e. The first kappa shape index (κ1) is 17.1. The number of anilines is 1. The van der Waals surface area contributed by atoms with Crippen LogP contribution in [-0.2, 0) is 0 Å². The zero-order valence-corrected chi connectivity index (χ0v) is 15.2. The van der Waals surface area contributed by atoms with Crippen molar-refractivity contribution >= 4 is 11.7 Å². The predicted molar refractivity (Wildman–Crippen MR) is 98.8 cm³/mol. The first-order valence-corrected chi connectivity index (χ1v) is 9.10. The van der Waals surface area contributed by atoms with Crippen LogP contribution < -0.4 is 10.2 Å². The van der Waals surface area contributed by atoms with Gasteiger partial charge in [-0.05, 0) is 64.0 Å². The quantitative estimate of drug-likeness (QED) is 0.904. The van der Waals surface area contributed by atoms with Gasteiger partial charge in [0.2, 0.25) is 0 Å². The monoisotopic (exact) mass is 330 g/mol. The van der Waals surface area contributed by atoms with Crippen molar-refractivity contribution in [2.45, 2.75) is 32.7 Å². The smallest absolute Gasteiger partial charge is 0.317 e. The molecule has 0 unspecified atom stereocenters. The van der Waals surface area contributed by atoms with Gasteiger partial charge in [0.15, 0.2) is 0 Å². The number of carbonyl (C=O) groups excluding carboxylic acids is 1. The van der Waals surface area contributed by atoms with E-state index >= 15 is 0 Å². The Morgan fingerprint density at radius 3 is 2.38 bits per heavy atom. The number of nitrogens with zero attached hydrogens (tertiary/aromatic N) is 3. The van der Waals surface area contributed by atoms with E-state index in [4.69, 9.17) is 0 Å². The maximum absolute atomic E-state index is 12.5. The summed E-state index contributed by atoms with van der Waals surface area (Å²) in [6.45, 7) is 9.90. The van der Waals surface area contributed by atoms with E-state index in [1.807, 2.05) is 4.90 Å². The van der Waals surface area contributed by atoms with Crippen LogP contribution in [0.1, 0.15) is 24.0 Å². The van der Waals surface area contributed by atoms with Gasteiger partial charge in [-0.1, -0.05) is 12.1 Å². The molecule has 2 aliphatic rings. The molecular weight excluding hydrogens is 300 g/mol. The summed E-state index contributed by atoms with van der Waals surface area (Å²) in [7, 11) is 2.14. The van der Waals surface area contributed by atoms with Crippen LogP contribution in [0.5, 0.6) is 0 Å². The van der Waals surface area contributed by atoms with Gasteiger partial charge in [-0.3, -0.25) is 0 Å². The molecule has 0 atom stereocenters. The maximum atomic E-state index is 12.5. The van der Waals surface area contributed by atoms with Gasteiger partial charge in [-0.25, -0.2) is 4.79 Å². The summed E-state index contributed by atoms with van der Waals surface area (Å²) in [6.07, 6.45) is 2.12. The highest BCUT2D eigenvalue weighted by Gasteiger charge is 2.25. The predicted octanol–water partition coefficient (Wildman–Crippen LogP) is 2.23. The van der Waals surface area contributed by atoms with Crippen LogP contribution in [0.4, 0.5) is 10.5 Å². The molecule has 0 bridgehead atoms. The van der Waals surface area contributed by atoms with Crippen LogP contribution in [0, 0.1) is 13.8 Å². The largest absolute Gasteiger partial charge is 0.368 e. The van der Waals surface area contributed by atoms with E-state index in [2.05, 4.69) is 54.2 Å². The second-order valence-corrected chi connectivity index (χ2v) is 7.22. The fraction of sp³-hybridized carbons (Fsp3) is 0.632. The highest BCUT2D eigenvalue weighted by atomic mass is 16.2. The Bertz CT molecular complexity index is 573. The molecule has 0 aliphatic carbocycles. The van der Waals surface area contributed by atoms with E-state index in [1.165, 1.54) is 16.8 Å². The zero-order valence-electron chi connectivity index (χ0n) is 15.2. The highest BCUT2D eigenvalue weighted by molar-refractivity contribution is 5.75. The third-order valence-electron chi connectivity index (χ3n) is 5.53. The number of piperazine rings is 1. The van der Waals surface area contributed by atoms with Crippen LogP contribution in [0.15, 0.2) is 18.2 Å². The van der Waals surface area contributed by atoms with Crippen LogP contribution >= 0.6 is 0 Å². The lowest BCUT2D eigenvalue weighted by Crippen LogP contribution is -2.54. The summed E-state index contributed by atoms with van der Waals surface area (Å²) in [5.74, 6) is 0. The average Bonchev–Trinajstić information content (AvgIpc) is 2.59. The van der Waals surface area contributed by atoms with Crippen molar-refractivity contribution in [2.24, 2.45) is 0 Å². The number of hydrogen-bond donors (Lipinski definition) is 1. The summed E-state index contributed by atoms with van der Waals surface area (Å²) in [5.41, 5.74) is 3.99. The Hall–Kier alpha value is -1.75. The SMILES string of the molecule is Cc1cccc(N2CCN(C(=O)NC3CCN(C)CC3)CC2)c1C. The van der Waals surface area contributed by atoms with Gasteiger partial charge in [0.05, 0.1) is 0 Å². The second-order valence-electron chi connectivity index (χ2n) is 7.22. The Balaban J connectivity index is 1.51. The van der Waals surface area contributed by atoms with E-state index in [0.29, 0.717) is 6.04 Å². The molecule has 2 heterocycles. The van der Waals surface area contributed by atoms with E-state index in [0.717, 1.165) is 52.1 Å². The van der Waals surface area contributed by atoms with Crippen molar-refractivity contribution in [1.29, 1.82) is 0 Å². The highest BCUT2D eigenvalue weighted by Crippen LogP contribution is 2.23. The molecule has 2 aliphatic heterocycles. The van der Waals surface area contributed by atoms with E-state index in [-0.39, 0.29) is 6.03 Å². The first-order valence-electron chi connectivity index (χ1n) is 9.10. The van der Waals surface area contributed by atoms with Gasteiger partial charge in [0.1, 0.15) is 0 Å². The summed E-state index contributed by atoms with van der Waals surface area (Å²) < 4.78 is 0. The lowest BCUT2D eigenvalue weighted by atomic mass is 10.1. The van der Waals surface area contributed by atoms with Crippen LogP contribution in [-0.4, -0.2) is 68.2 Å². The Kier molecular flexibility index (Phi) is 5.29. The number of benzene rings is 1. The summed E-state index contributed by atoms with van der Waals surface area (Å²) in [4.78, 5) is 19.2. The molecule has 1 N–H and O–H groups in total. The van der Waals surface area contributed by atoms with Gasteiger partial charge in [-0.2, -0.15) is 0 Å². The van der Waals surface area contributed by atoms with Crippen LogP contribution in [0.3, 0.4) is 0 Å². The minimum absolute atomic E-state index is 0.116. The summed E-state index contributed by atoms with van der Waals surface area (Å²) >= 11 is 0. The number of nitrogens with one attached hydrogen (secondary N) is 1. The summed E-state index contributed by atoms with van der Waals surface area (Å²) in [6, 6.07) is 6.92. The number of carbonyl (C=O) groups is 1. The number of aryl methyl sites for hydroxylation is 1. The van der Waals surface area contributed by atoms with Crippen molar-refractivity contribution < 1.29 is 4.79 Å². The van der Waals surface area contributed by atoms with Gasteiger partial charge in [-0.15, -0.1) is 0 Å². The summed E-state index contributed by atoms with van der Waals surface area (Å²) in [5, 5.41) is 3.23. The molecule has 2 amide bonds. The minimum Gasteiger partial charge on any atom is -0.368 e. The van der Waals surface area contributed by atoms with Gasteiger partial charge >= 0.3 is 6.03 Å². The number of piperidine rings is 1. The molecule has 0 radical (unpaired) electrons. The van der Waals surface area contributed by atoms with Gasteiger partial charge < -0.3 is 20.0 Å². The molecular formula is C19H30N4O. The number of rotatable bonds is 2. The van der Waals surface area contributed by atoms with Crippen molar-refractivity contribution in [3.8, 4) is 0 Å². The molecule has 5 heteroatoms.